The van der Waals surface area contributed by atoms with E-state index in [1.165, 1.54) is 19.3 Å². The summed E-state index contributed by atoms with van der Waals surface area (Å²) in [5.74, 6) is 0.575. The highest BCUT2D eigenvalue weighted by molar-refractivity contribution is 8.76. The largest absolute Gasteiger partial charge is 0.352 e. The van der Waals surface area contributed by atoms with Gasteiger partial charge < -0.3 is 11.1 Å². The highest BCUT2D eigenvalue weighted by atomic mass is 33.1. The third kappa shape index (κ3) is 5.34. The molecule has 4 nitrogen and oxygen atoms in total. The summed E-state index contributed by atoms with van der Waals surface area (Å²) in [6.45, 7) is 0. The number of carbonyl (C=O) groups excluding carboxylic acids is 1. The van der Waals surface area contributed by atoms with E-state index in [-0.39, 0.29) is 5.91 Å². The van der Waals surface area contributed by atoms with Crippen LogP contribution in [0, 0.1) is 0 Å². The van der Waals surface area contributed by atoms with Gasteiger partial charge in [0.15, 0.2) is 0 Å². The minimum atomic E-state index is -0.446. The number of carbonyl (C=O) groups is 1. The van der Waals surface area contributed by atoms with E-state index in [2.05, 4.69) is 10.3 Å². The van der Waals surface area contributed by atoms with Crippen LogP contribution in [0.1, 0.15) is 32.1 Å². The standard InChI is InChI=1S/C14H21N3OS2/c15-12(10-19-20-13-8-4-5-9-16-13)14(18)17-11-6-2-1-3-7-11/h4-5,8-9,11-12H,1-3,6-7,10,15H2,(H,17,18)/t12-/m0/s1. The van der Waals surface area contributed by atoms with Crippen LogP contribution in [0.15, 0.2) is 29.4 Å². The molecule has 1 aromatic rings. The SMILES string of the molecule is N[C@@H](CSSc1ccccn1)C(=O)NC1CCCCC1. The number of rotatable bonds is 6. The summed E-state index contributed by atoms with van der Waals surface area (Å²) in [6, 6.07) is 5.67. The number of nitrogens with zero attached hydrogens (tertiary/aromatic N) is 1. The zero-order chi connectivity index (χ0) is 14.2. The zero-order valence-corrected chi connectivity index (χ0v) is 13.1. The first-order valence-corrected chi connectivity index (χ1v) is 9.34. The molecule has 3 N–H and O–H groups in total. The molecule has 1 aliphatic carbocycles. The van der Waals surface area contributed by atoms with Crippen LogP contribution in [0.3, 0.4) is 0 Å². The Kier molecular flexibility index (Phi) is 6.69. The summed E-state index contributed by atoms with van der Waals surface area (Å²) in [5.41, 5.74) is 5.93. The topological polar surface area (TPSA) is 68.0 Å². The second kappa shape index (κ2) is 8.54. The molecule has 0 spiro atoms. The summed E-state index contributed by atoms with van der Waals surface area (Å²) in [7, 11) is 3.13. The van der Waals surface area contributed by atoms with Gasteiger partial charge in [0, 0.05) is 18.0 Å². The van der Waals surface area contributed by atoms with Crippen molar-refractivity contribution in [3.63, 3.8) is 0 Å². The fraction of sp³-hybridized carbons (Fsp3) is 0.571. The summed E-state index contributed by atoms with van der Waals surface area (Å²) in [6.07, 6.45) is 7.66. The fourth-order valence-corrected chi connectivity index (χ4v) is 4.22. The van der Waals surface area contributed by atoms with E-state index < -0.39 is 6.04 Å². The second-order valence-corrected chi connectivity index (χ2v) is 7.35. The summed E-state index contributed by atoms with van der Waals surface area (Å²) < 4.78 is 0. The molecule has 6 heteroatoms. The van der Waals surface area contributed by atoms with Crippen LogP contribution < -0.4 is 11.1 Å². The lowest BCUT2D eigenvalue weighted by molar-refractivity contribution is -0.122. The van der Waals surface area contributed by atoms with E-state index in [1.807, 2.05) is 18.2 Å². The maximum atomic E-state index is 12.0. The predicted octanol–water partition coefficient (Wildman–Crippen LogP) is 2.60. The molecule has 1 aliphatic rings. The monoisotopic (exact) mass is 311 g/mol. The Balaban J connectivity index is 1.65. The van der Waals surface area contributed by atoms with Gasteiger partial charge in [0.25, 0.3) is 0 Å². The number of pyridine rings is 1. The van der Waals surface area contributed by atoms with Crippen LogP contribution in [0.4, 0.5) is 0 Å². The van der Waals surface area contributed by atoms with Crippen LogP contribution in [0.5, 0.6) is 0 Å². The van der Waals surface area contributed by atoms with Gasteiger partial charge in [0.1, 0.15) is 5.03 Å². The normalized spacial score (nSPS) is 17.6. The average Bonchev–Trinajstić information content (AvgIpc) is 2.49. The van der Waals surface area contributed by atoms with Gasteiger partial charge in [0.2, 0.25) is 5.91 Å². The van der Waals surface area contributed by atoms with Gasteiger partial charge in [-0.3, -0.25) is 4.79 Å². The summed E-state index contributed by atoms with van der Waals surface area (Å²) >= 11 is 0. The van der Waals surface area contributed by atoms with Crippen molar-refractivity contribution in [3.05, 3.63) is 24.4 Å². The van der Waals surface area contributed by atoms with E-state index in [9.17, 15) is 4.79 Å². The van der Waals surface area contributed by atoms with Crippen molar-refractivity contribution in [2.45, 2.75) is 49.2 Å². The number of nitrogens with two attached hydrogens (primary N) is 1. The third-order valence-corrected chi connectivity index (χ3v) is 5.62. The van der Waals surface area contributed by atoms with E-state index >= 15 is 0 Å². The fourth-order valence-electron chi connectivity index (χ4n) is 2.19. The Morgan fingerprint density at radius 1 is 1.40 bits per heavy atom. The van der Waals surface area contributed by atoms with Crippen molar-refractivity contribution in [1.29, 1.82) is 0 Å². The highest BCUT2D eigenvalue weighted by Crippen LogP contribution is 2.29. The first kappa shape index (κ1) is 15.7. The third-order valence-electron chi connectivity index (χ3n) is 3.32. The lowest BCUT2D eigenvalue weighted by atomic mass is 9.95. The van der Waals surface area contributed by atoms with Gasteiger partial charge in [-0.2, -0.15) is 0 Å². The van der Waals surface area contributed by atoms with Gasteiger partial charge in [-0.25, -0.2) is 4.98 Å². The molecule has 0 bridgehead atoms. The van der Waals surface area contributed by atoms with Crippen molar-refractivity contribution >= 4 is 27.5 Å². The Morgan fingerprint density at radius 3 is 2.90 bits per heavy atom. The number of aromatic nitrogens is 1. The average molecular weight is 311 g/mol. The summed E-state index contributed by atoms with van der Waals surface area (Å²) in [4.78, 5) is 16.2. The maximum Gasteiger partial charge on any atom is 0.238 e. The lowest BCUT2D eigenvalue weighted by Crippen LogP contribution is -2.47. The first-order valence-electron chi connectivity index (χ1n) is 7.02. The molecule has 1 amide bonds. The number of nitrogens with one attached hydrogen (secondary N) is 1. The minimum absolute atomic E-state index is 0.0222. The second-order valence-electron chi connectivity index (χ2n) is 4.99. The van der Waals surface area contributed by atoms with Crippen molar-refractivity contribution in [2.24, 2.45) is 5.73 Å². The number of hydrogen-bond donors (Lipinski definition) is 2. The predicted molar refractivity (Wildman–Crippen MR) is 85.5 cm³/mol. The molecule has 1 aromatic heterocycles. The van der Waals surface area contributed by atoms with Crippen molar-refractivity contribution in [1.82, 2.24) is 10.3 Å². The van der Waals surface area contributed by atoms with Gasteiger partial charge in [-0.1, -0.05) is 36.1 Å². The smallest absolute Gasteiger partial charge is 0.238 e. The molecule has 0 radical (unpaired) electrons. The minimum Gasteiger partial charge on any atom is -0.352 e. The molecule has 0 aliphatic heterocycles. The van der Waals surface area contributed by atoms with Gasteiger partial charge in [-0.05, 0) is 35.8 Å². The zero-order valence-electron chi connectivity index (χ0n) is 11.5. The Hall–Kier alpha value is -0.720. The van der Waals surface area contributed by atoms with Gasteiger partial charge >= 0.3 is 0 Å². The van der Waals surface area contributed by atoms with Crippen molar-refractivity contribution < 1.29 is 4.79 Å². The van der Waals surface area contributed by atoms with Crippen molar-refractivity contribution in [3.8, 4) is 0 Å². The molecule has 0 unspecified atom stereocenters. The number of hydrogen-bond acceptors (Lipinski definition) is 5. The lowest BCUT2D eigenvalue weighted by Gasteiger charge is -2.24. The Morgan fingerprint density at radius 2 is 2.20 bits per heavy atom. The molecule has 1 atom stereocenters. The van der Waals surface area contributed by atoms with Gasteiger partial charge in [-0.15, -0.1) is 0 Å². The Bertz CT molecular complexity index is 410. The maximum absolute atomic E-state index is 12.0. The van der Waals surface area contributed by atoms with E-state index in [0.717, 1.165) is 17.9 Å². The van der Waals surface area contributed by atoms with Crippen molar-refractivity contribution in [2.75, 3.05) is 5.75 Å². The molecule has 2 rings (SSSR count). The van der Waals surface area contributed by atoms with Crippen LogP contribution >= 0.6 is 21.6 Å². The van der Waals surface area contributed by atoms with E-state index in [0.29, 0.717) is 11.8 Å². The molecule has 1 heterocycles. The quantitative estimate of drug-likeness (QED) is 0.790. The van der Waals surface area contributed by atoms with E-state index in [1.54, 1.807) is 27.8 Å². The highest BCUT2D eigenvalue weighted by Gasteiger charge is 2.19. The molecule has 1 fully saturated rings. The summed E-state index contributed by atoms with van der Waals surface area (Å²) in [5, 5.41) is 4.01. The van der Waals surface area contributed by atoms with Gasteiger partial charge in [0.05, 0.1) is 6.04 Å². The molecule has 0 aromatic carbocycles. The molecular formula is C14H21N3OS2. The molecule has 20 heavy (non-hydrogen) atoms. The van der Waals surface area contributed by atoms with Crippen LogP contribution in [-0.4, -0.2) is 28.7 Å². The van der Waals surface area contributed by atoms with Crippen LogP contribution in [0.25, 0.3) is 0 Å². The van der Waals surface area contributed by atoms with E-state index in [4.69, 9.17) is 5.73 Å². The molecular weight excluding hydrogens is 290 g/mol. The number of amides is 1. The first-order chi connectivity index (χ1) is 9.75. The molecule has 1 saturated carbocycles. The molecule has 0 saturated heterocycles. The molecule has 110 valence electrons. The Labute approximate surface area is 128 Å². The van der Waals surface area contributed by atoms with Crippen LogP contribution in [0.2, 0.25) is 0 Å². The van der Waals surface area contributed by atoms with Crippen LogP contribution in [-0.2, 0) is 4.79 Å².